The lowest BCUT2D eigenvalue weighted by atomic mass is 9.91. The number of hydrogen-bond donors (Lipinski definition) is 2. The maximum Gasteiger partial charge on any atom is 0.410 e. The van der Waals surface area contributed by atoms with Gasteiger partial charge in [-0.1, -0.05) is 38.8 Å². The summed E-state index contributed by atoms with van der Waals surface area (Å²) in [5, 5.41) is 10.6. The summed E-state index contributed by atoms with van der Waals surface area (Å²) in [7, 11) is -1.85. The number of amides is 1. The van der Waals surface area contributed by atoms with E-state index in [-0.39, 0.29) is 34.9 Å². The van der Waals surface area contributed by atoms with Crippen LogP contribution >= 0.6 is 0 Å². The van der Waals surface area contributed by atoms with Crippen molar-refractivity contribution < 1.29 is 37.0 Å². The molecule has 1 aromatic carbocycles. The molecule has 2 fully saturated rings. The number of halogens is 1. The van der Waals surface area contributed by atoms with Crippen LogP contribution in [0, 0.1) is 17.7 Å². The van der Waals surface area contributed by atoms with Crippen molar-refractivity contribution >= 4 is 28.2 Å². The number of carbonyl (C=O) groups excluding carboxylic acids is 2. The predicted molar refractivity (Wildman–Crippen MR) is 169 cm³/mol. The Morgan fingerprint density at radius 2 is 1.78 bits per heavy atom. The van der Waals surface area contributed by atoms with Crippen molar-refractivity contribution in [2.45, 2.75) is 95.0 Å². The number of nitrogens with one attached hydrogen (secondary N) is 1. The molecule has 0 radical (unpaired) electrons. The first kappa shape index (κ1) is 35.1. The standard InChI is InChI=1S/C33H48FN3O7S/c1-22-9-12-27(38)20-31(39)44-32(23(2)10-14-30(22)43-33(40)37-17-15-36(4)16-18-37)24(3)19-25-11-13-28(21-29(25)34)45(41,42)35-26-7-5-6-8-26/h10-11,13-14,19,21-23,26-27,30,32,35,38H,5-9,12,15-18,20H2,1-4H3/b14-10+,24-19+/t22-,23-,27+,30?,32-/m0/s1. The molecule has 1 saturated carbocycles. The summed E-state index contributed by atoms with van der Waals surface area (Å²) >= 11 is 0. The van der Waals surface area contributed by atoms with Crippen LogP contribution in [0.4, 0.5) is 9.18 Å². The van der Waals surface area contributed by atoms with Crippen LogP contribution < -0.4 is 4.72 Å². The summed E-state index contributed by atoms with van der Waals surface area (Å²) in [5.41, 5.74) is 0.683. The second kappa shape index (κ2) is 15.7. The van der Waals surface area contributed by atoms with Gasteiger partial charge in [0.15, 0.2) is 0 Å². The number of hydrogen-bond acceptors (Lipinski definition) is 8. The molecule has 1 amide bonds. The summed E-state index contributed by atoms with van der Waals surface area (Å²) in [5.74, 6) is -1.80. The number of carbonyl (C=O) groups is 2. The minimum Gasteiger partial charge on any atom is -0.457 e. The largest absolute Gasteiger partial charge is 0.457 e. The molecule has 1 aliphatic carbocycles. The van der Waals surface area contributed by atoms with Gasteiger partial charge in [-0.05, 0) is 75.4 Å². The maximum absolute atomic E-state index is 15.3. The minimum atomic E-state index is -3.86. The average molecular weight is 650 g/mol. The lowest BCUT2D eigenvalue weighted by molar-refractivity contribution is -0.151. The Balaban J connectivity index is 1.54. The Hall–Kier alpha value is -2.80. The molecule has 10 nitrogen and oxygen atoms in total. The number of likely N-dealkylation sites (N-methyl/N-ethyl adjacent to an activating group) is 1. The summed E-state index contributed by atoms with van der Waals surface area (Å²) < 4.78 is 55.3. The van der Waals surface area contributed by atoms with Crippen molar-refractivity contribution in [1.29, 1.82) is 0 Å². The van der Waals surface area contributed by atoms with Crippen molar-refractivity contribution in [3.63, 3.8) is 0 Å². The Kier molecular flexibility index (Phi) is 12.2. The number of aliphatic hydroxyl groups is 1. The summed E-state index contributed by atoms with van der Waals surface area (Å²) in [6.45, 7) is 8.21. The number of esters is 1. The van der Waals surface area contributed by atoms with Crippen LogP contribution in [-0.4, -0.2) is 93.0 Å². The maximum atomic E-state index is 15.3. The lowest BCUT2D eigenvalue weighted by Crippen LogP contribution is -2.48. The molecule has 5 atom stereocenters. The van der Waals surface area contributed by atoms with E-state index in [0.717, 1.165) is 44.8 Å². The highest BCUT2D eigenvalue weighted by Gasteiger charge is 2.29. The molecular weight excluding hydrogens is 601 g/mol. The second-order valence-corrected chi connectivity index (χ2v) is 14.6. The fourth-order valence-corrected chi connectivity index (χ4v) is 7.40. The normalized spacial score (nSPS) is 29.0. The molecule has 1 unspecified atom stereocenters. The van der Waals surface area contributed by atoms with Gasteiger partial charge in [0, 0.05) is 43.7 Å². The van der Waals surface area contributed by atoms with Crippen LogP contribution in [0.2, 0.25) is 0 Å². The Bertz CT molecular complexity index is 1350. The van der Waals surface area contributed by atoms with E-state index in [1.807, 2.05) is 33.0 Å². The number of rotatable bonds is 6. The molecule has 4 rings (SSSR count). The van der Waals surface area contributed by atoms with E-state index in [4.69, 9.17) is 9.47 Å². The minimum absolute atomic E-state index is 0.114. The molecule has 250 valence electrons. The molecule has 45 heavy (non-hydrogen) atoms. The molecule has 0 spiro atoms. The van der Waals surface area contributed by atoms with Gasteiger partial charge >= 0.3 is 12.1 Å². The van der Waals surface area contributed by atoms with Crippen molar-refractivity contribution in [2.75, 3.05) is 33.2 Å². The number of sulfonamides is 1. The van der Waals surface area contributed by atoms with Crippen LogP contribution in [-0.2, 0) is 24.3 Å². The number of benzene rings is 1. The monoisotopic (exact) mass is 649 g/mol. The smallest absolute Gasteiger partial charge is 0.410 e. The van der Waals surface area contributed by atoms with Gasteiger partial charge in [0.05, 0.1) is 17.4 Å². The summed E-state index contributed by atoms with van der Waals surface area (Å²) in [6.07, 6.45) is 6.63. The molecule has 12 heteroatoms. The van der Waals surface area contributed by atoms with Crippen LogP contribution in [0.3, 0.4) is 0 Å². The van der Waals surface area contributed by atoms with Crippen molar-refractivity contribution in [3.8, 4) is 0 Å². The van der Waals surface area contributed by atoms with Gasteiger partial charge in [-0.25, -0.2) is 22.3 Å². The van der Waals surface area contributed by atoms with Gasteiger partial charge in [0.1, 0.15) is 18.0 Å². The van der Waals surface area contributed by atoms with Gasteiger partial charge in [0.25, 0.3) is 0 Å². The Labute approximate surface area is 266 Å². The quantitative estimate of drug-likeness (QED) is 0.341. The Morgan fingerprint density at radius 1 is 1.09 bits per heavy atom. The average Bonchev–Trinajstić information content (AvgIpc) is 3.49. The molecule has 1 saturated heterocycles. The van der Waals surface area contributed by atoms with E-state index >= 15 is 4.39 Å². The number of piperazine rings is 1. The SMILES string of the molecule is C/C(=C\c1ccc(S(=O)(=O)NC2CCCC2)cc1F)[C@H]1OC(=O)C[C@H](O)CC[C@H](C)C(OC(=O)N2CCN(C)CC2)/C=C/[C@@H]1C. The van der Waals surface area contributed by atoms with Gasteiger partial charge in [-0.3, -0.25) is 4.79 Å². The molecule has 0 bridgehead atoms. The third kappa shape index (κ3) is 9.84. The fourth-order valence-electron chi connectivity index (χ4n) is 6.08. The zero-order valence-corrected chi connectivity index (χ0v) is 27.6. The van der Waals surface area contributed by atoms with E-state index in [2.05, 4.69) is 9.62 Å². The third-order valence-electron chi connectivity index (χ3n) is 9.05. The number of ether oxygens (including phenoxy) is 2. The first-order chi connectivity index (χ1) is 21.3. The fraction of sp³-hybridized carbons (Fsp3) is 0.636. The topological polar surface area (TPSA) is 125 Å². The molecule has 2 heterocycles. The number of cyclic esters (lactones) is 1. The summed E-state index contributed by atoms with van der Waals surface area (Å²) in [4.78, 5) is 29.5. The molecule has 0 aromatic heterocycles. The summed E-state index contributed by atoms with van der Waals surface area (Å²) in [6, 6.07) is 3.64. The first-order valence-corrected chi connectivity index (χ1v) is 17.5. The van der Waals surface area contributed by atoms with Gasteiger partial charge < -0.3 is 24.4 Å². The van der Waals surface area contributed by atoms with Gasteiger partial charge in [0.2, 0.25) is 10.0 Å². The zero-order chi connectivity index (χ0) is 32.7. The zero-order valence-electron chi connectivity index (χ0n) is 26.8. The molecular formula is C33H48FN3O7S. The predicted octanol–water partition coefficient (Wildman–Crippen LogP) is 4.49. The highest BCUT2D eigenvalue weighted by Crippen LogP contribution is 2.27. The second-order valence-electron chi connectivity index (χ2n) is 12.9. The lowest BCUT2D eigenvalue weighted by Gasteiger charge is -2.33. The molecule has 3 aliphatic rings. The van der Waals surface area contributed by atoms with Crippen LogP contribution in [0.5, 0.6) is 0 Å². The van der Waals surface area contributed by atoms with Crippen molar-refractivity contribution in [3.05, 3.63) is 47.3 Å². The number of aliphatic hydroxyl groups excluding tert-OH is 1. The van der Waals surface area contributed by atoms with E-state index in [1.165, 1.54) is 18.2 Å². The van der Waals surface area contributed by atoms with E-state index in [1.54, 1.807) is 11.8 Å². The van der Waals surface area contributed by atoms with E-state index in [0.29, 0.717) is 31.5 Å². The molecule has 1 aromatic rings. The van der Waals surface area contributed by atoms with Gasteiger partial charge in [-0.15, -0.1) is 0 Å². The van der Waals surface area contributed by atoms with E-state index < -0.39 is 46.0 Å². The highest BCUT2D eigenvalue weighted by atomic mass is 32.2. The van der Waals surface area contributed by atoms with E-state index in [9.17, 15) is 23.1 Å². The number of nitrogens with zero attached hydrogens (tertiary/aromatic N) is 2. The van der Waals surface area contributed by atoms with Gasteiger partial charge in [-0.2, -0.15) is 0 Å². The van der Waals surface area contributed by atoms with Crippen molar-refractivity contribution in [1.82, 2.24) is 14.5 Å². The molecule has 2 N–H and O–H groups in total. The molecule has 2 aliphatic heterocycles. The first-order valence-electron chi connectivity index (χ1n) is 16.0. The van der Waals surface area contributed by atoms with Crippen LogP contribution in [0.25, 0.3) is 6.08 Å². The van der Waals surface area contributed by atoms with Crippen molar-refractivity contribution in [2.24, 2.45) is 11.8 Å². The van der Waals surface area contributed by atoms with Crippen LogP contribution in [0.1, 0.15) is 71.3 Å². The highest BCUT2D eigenvalue weighted by molar-refractivity contribution is 7.89. The van der Waals surface area contributed by atoms with Crippen LogP contribution in [0.15, 0.2) is 40.8 Å². The Morgan fingerprint density at radius 3 is 2.44 bits per heavy atom. The third-order valence-corrected chi connectivity index (χ3v) is 10.6.